The van der Waals surface area contributed by atoms with Gasteiger partial charge in [-0.15, -0.1) is 0 Å². The molecule has 7 nitrogen and oxygen atoms in total. The van der Waals surface area contributed by atoms with E-state index in [1.165, 1.54) is 18.2 Å². The number of hydrogen-bond acceptors (Lipinski definition) is 6. The van der Waals surface area contributed by atoms with Gasteiger partial charge in [-0.05, 0) is 61.6 Å². The highest BCUT2D eigenvalue weighted by atomic mass is 35.5. The molecule has 0 bridgehead atoms. The summed E-state index contributed by atoms with van der Waals surface area (Å²) >= 11 is 5.96. The zero-order chi connectivity index (χ0) is 26.2. The van der Waals surface area contributed by atoms with Gasteiger partial charge >= 0.3 is 0 Å². The van der Waals surface area contributed by atoms with Gasteiger partial charge in [0, 0.05) is 35.3 Å². The van der Waals surface area contributed by atoms with E-state index in [9.17, 15) is 12.8 Å². The predicted octanol–water partition coefficient (Wildman–Crippen LogP) is 5.71. The summed E-state index contributed by atoms with van der Waals surface area (Å²) in [6, 6.07) is 13.0. The number of rotatable bonds is 6. The molecule has 11 heteroatoms. The van der Waals surface area contributed by atoms with Crippen LogP contribution in [-0.4, -0.2) is 30.5 Å². The van der Waals surface area contributed by atoms with Gasteiger partial charge in [0.2, 0.25) is 5.95 Å². The van der Waals surface area contributed by atoms with Crippen LogP contribution in [0, 0.1) is 11.6 Å². The molecule has 1 heterocycles. The number of nitrogens with two attached hydrogens (primary N) is 1. The average Bonchev–Trinajstić information content (AvgIpc) is 2.87. The third-order valence-corrected chi connectivity index (χ3v) is 8.29. The van der Waals surface area contributed by atoms with Gasteiger partial charge in [-0.25, -0.2) is 27.2 Å². The molecule has 1 fully saturated rings. The van der Waals surface area contributed by atoms with E-state index >= 15 is 4.39 Å². The Morgan fingerprint density at radius 2 is 1.73 bits per heavy atom. The summed E-state index contributed by atoms with van der Waals surface area (Å²) < 4.78 is 57.3. The molecule has 4 N–H and O–H groups in total. The number of benzene rings is 3. The molecule has 0 atom stereocenters. The second kappa shape index (κ2) is 10.2. The smallest absolute Gasteiger partial charge is 0.263 e. The second-order valence-corrected chi connectivity index (χ2v) is 11.1. The fourth-order valence-electron chi connectivity index (χ4n) is 4.43. The fraction of sp³-hybridized carbons (Fsp3) is 0.231. The molecule has 192 valence electrons. The third-order valence-electron chi connectivity index (χ3n) is 6.42. The van der Waals surface area contributed by atoms with E-state index < -0.39 is 27.3 Å². The van der Waals surface area contributed by atoms with Crippen molar-refractivity contribution in [1.29, 1.82) is 0 Å². The zero-order valence-electron chi connectivity index (χ0n) is 19.6. The van der Waals surface area contributed by atoms with E-state index in [1.54, 1.807) is 30.5 Å². The summed E-state index contributed by atoms with van der Waals surface area (Å²) in [4.78, 5) is 8.68. The monoisotopic (exact) mass is 543 g/mol. The Hall–Kier alpha value is -3.34. The van der Waals surface area contributed by atoms with Crippen molar-refractivity contribution < 1.29 is 17.2 Å². The van der Waals surface area contributed by atoms with Crippen molar-refractivity contribution in [2.75, 3.05) is 10.0 Å². The van der Waals surface area contributed by atoms with Gasteiger partial charge < -0.3 is 11.1 Å². The van der Waals surface area contributed by atoms with E-state index in [0.717, 1.165) is 37.8 Å². The van der Waals surface area contributed by atoms with E-state index in [2.05, 4.69) is 20.0 Å². The quantitative estimate of drug-likeness (QED) is 0.287. The lowest BCUT2D eigenvalue weighted by atomic mass is 9.92. The van der Waals surface area contributed by atoms with E-state index in [4.69, 9.17) is 17.3 Å². The maximum atomic E-state index is 15.0. The number of aromatic nitrogens is 2. The van der Waals surface area contributed by atoms with Crippen LogP contribution in [-0.2, 0) is 10.0 Å². The van der Waals surface area contributed by atoms with Crippen molar-refractivity contribution in [3.8, 4) is 11.1 Å². The van der Waals surface area contributed by atoms with Crippen LogP contribution < -0.4 is 15.8 Å². The average molecular weight is 544 g/mol. The topological polar surface area (TPSA) is 110 Å². The first-order valence-electron chi connectivity index (χ1n) is 11.8. The van der Waals surface area contributed by atoms with Crippen LogP contribution >= 0.6 is 11.6 Å². The van der Waals surface area contributed by atoms with Crippen LogP contribution in [0.1, 0.15) is 25.7 Å². The maximum absolute atomic E-state index is 15.0. The first kappa shape index (κ1) is 25.3. The summed E-state index contributed by atoms with van der Waals surface area (Å²) in [6.45, 7) is 0. The molecule has 1 saturated carbocycles. The Kier molecular flexibility index (Phi) is 6.98. The number of anilines is 2. The molecule has 1 aliphatic rings. The van der Waals surface area contributed by atoms with Gasteiger partial charge in [-0.2, -0.15) is 0 Å². The first-order chi connectivity index (χ1) is 17.7. The molecular formula is C26H24ClF2N5O2S. The van der Waals surface area contributed by atoms with Crippen molar-refractivity contribution in [2.24, 2.45) is 5.73 Å². The summed E-state index contributed by atoms with van der Waals surface area (Å²) in [7, 11) is -4.22. The summed E-state index contributed by atoms with van der Waals surface area (Å²) in [5.74, 6) is -1.23. The molecule has 4 aromatic rings. The molecule has 1 aromatic heterocycles. The minimum Gasteiger partial charge on any atom is -0.351 e. The lowest BCUT2D eigenvalue weighted by molar-refractivity contribution is 0.410. The van der Waals surface area contributed by atoms with Crippen LogP contribution in [0.3, 0.4) is 0 Å². The van der Waals surface area contributed by atoms with Gasteiger partial charge in [0.1, 0.15) is 16.5 Å². The highest BCUT2D eigenvalue weighted by Crippen LogP contribution is 2.32. The molecule has 1 aliphatic carbocycles. The van der Waals surface area contributed by atoms with E-state index in [1.807, 2.05) is 0 Å². The molecule has 0 radical (unpaired) electrons. The van der Waals surface area contributed by atoms with Gasteiger partial charge in [-0.1, -0.05) is 29.8 Å². The van der Waals surface area contributed by atoms with Crippen LogP contribution in [0.5, 0.6) is 0 Å². The normalized spacial score (nSPS) is 18.1. The Morgan fingerprint density at radius 1 is 0.973 bits per heavy atom. The lowest BCUT2D eigenvalue weighted by Crippen LogP contribution is -2.33. The third kappa shape index (κ3) is 5.51. The molecule has 0 saturated heterocycles. The molecular weight excluding hydrogens is 520 g/mol. The van der Waals surface area contributed by atoms with E-state index in [-0.39, 0.29) is 27.6 Å². The van der Waals surface area contributed by atoms with Crippen LogP contribution in [0.25, 0.3) is 22.0 Å². The molecule has 0 spiro atoms. The van der Waals surface area contributed by atoms with Crippen molar-refractivity contribution in [2.45, 2.75) is 42.7 Å². The first-order valence-corrected chi connectivity index (χ1v) is 13.6. The second-order valence-electron chi connectivity index (χ2n) is 9.07. The molecule has 5 rings (SSSR count). The van der Waals surface area contributed by atoms with E-state index in [0.29, 0.717) is 22.4 Å². The Balaban J connectivity index is 1.38. The van der Waals surface area contributed by atoms with Crippen molar-refractivity contribution in [3.63, 3.8) is 0 Å². The van der Waals surface area contributed by atoms with Crippen LogP contribution in [0.4, 0.5) is 20.4 Å². The Labute approximate surface area is 218 Å². The van der Waals surface area contributed by atoms with Gasteiger partial charge in [0.15, 0.2) is 0 Å². The summed E-state index contributed by atoms with van der Waals surface area (Å²) in [6.07, 6.45) is 5.45. The molecule has 0 amide bonds. The predicted molar refractivity (Wildman–Crippen MR) is 141 cm³/mol. The maximum Gasteiger partial charge on any atom is 0.263 e. The minimum atomic E-state index is -4.22. The largest absolute Gasteiger partial charge is 0.351 e. The van der Waals surface area contributed by atoms with Crippen LogP contribution in [0.15, 0.2) is 65.7 Å². The number of sulfonamides is 1. The highest BCUT2D eigenvalue weighted by Gasteiger charge is 2.22. The fourth-order valence-corrected chi connectivity index (χ4v) is 6.00. The highest BCUT2D eigenvalue weighted by molar-refractivity contribution is 7.92. The lowest BCUT2D eigenvalue weighted by Gasteiger charge is -2.26. The minimum absolute atomic E-state index is 0.0270. The Bertz CT molecular complexity index is 1580. The molecule has 0 aliphatic heterocycles. The number of halogens is 3. The SMILES string of the molecule is N[C@H]1CC[C@H](Nc2ncc3cc(-c4cc(F)c(NS(=O)(=O)c5ccccc5Cl)cc4F)ccc3n2)CC1. The van der Waals surface area contributed by atoms with Gasteiger partial charge in [-0.3, -0.25) is 4.72 Å². The number of hydrogen-bond donors (Lipinski definition) is 3. The molecule has 37 heavy (non-hydrogen) atoms. The van der Waals surface area contributed by atoms with Crippen molar-refractivity contribution in [3.05, 3.63) is 77.5 Å². The summed E-state index contributed by atoms with van der Waals surface area (Å²) in [5.41, 5.74) is 6.47. The number of nitrogens with zero attached hydrogens (tertiary/aromatic N) is 2. The standard InChI is InChI=1S/C26H24ClF2N5O2S/c27-20-3-1-2-4-25(20)37(35,36)34-24-13-21(28)19(12-22(24)29)15-5-10-23-16(11-15)14-31-26(33-23)32-18-8-6-17(30)7-9-18/h1-5,10-14,17-18,34H,6-9,30H2,(H,31,32,33)/t17-,18-. The number of fused-ring (bicyclic) bond motifs is 1. The molecule has 0 unspecified atom stereocenters. The molecule has 3 aromatic carbocycles. The van der Waals surface area contributed by atoms with Gasteiger partial charge in [0.05, 0.1) is 16.2 Å². The van der Waals surface area contributed by atoms with Crippen LogP contribution in [0.2, 0.25) is 5.02 Å². The number of nitrogens with one attached hydrogen (secondary N) is 2. The van der Waals surface area contributed by atoms with Gasteiger partial charge in [0.25, 0.3) is 10.0 Å². The zero-order valence-corrected chi connectivity index (χ0v) is 21.2. The summed E-state index contributed by atoms with van der Waals surface area (Å²) in [5, 5.41) is 3.96. The van der Waals surface area contributed by atoms with Crippen molar-refractivity contribution in [1.82, 2.24) is 9.97 Å². The Morgan fingerprint density at radius 3 is 2.49 bits per heavy atom. The van der Waals surface area contributed by atoms with Crippen molar-refractivity contribution >= 4 is 44.2 Å².